The van der Waals surface area contributed by atoms with Crippen LogP contribution in [0, 0.1) is 0 Å². The Bertz CT molecular complexity index is 2100. The molecule has 0 heterocycles. The van der Waals surface area contributed by atoms with E-state index in [0.29, 0.717) is 33.4 Å². The van der Waals surface area contributed by atoms with Crippen molar-refractivity contribution in [3.05, 3.63) is 215 Å². The van der Waals surface area contributed by atoms with E-state index in [4.69, 9.17) is 0 Å². The Balaban J connectivity index is 1.63. The maximum atomic E-state index is 17.0. The van der Waals surface area contributed by atoms with Crippen molar-refractivity contribution in [3.8, 4) is 0 Å². The molecule has 0 aliphatic heterocycles. The first kappa shape index (κ1) is 41.7. The highest BCUT2D eigenvalue weighted by atomic mass is 31.2. The second-order valence-electron chi connectivity index (χ2n) is 15.8. The van der Waals surface area contributed by atoms with Crippen molar-refractivity contribution in [2.75, 3.05) is 0 Å². The lowest BCUT2D eigenvalue weighted by Crippen LogP contribution is -2.87. The Morgan fingerprint density at radius 3 is 0.741 bits per heavy atom. The Morgan fingerprint density at radius 2 is 0.534 bits per heavy atom. The van der Waals surface area contributed by atoms with Gasteiger partial charge in [0.25, 0.3) is 0 Å². The van der Waals surface area contributed by atoms with Gasteiger partial charge >= 0.3 is 0 Å². The zero-order valence-electron chi connectivity index (χ0n) is 32.1. The highest BCUT2D eigenvalue weighted by Gasteiger charge is 2.87. The number of benzene rings is 6. The van der Waals surface area contributed by atoms with Gasteiger partial charge in [0.2, 0.25) is 0 Å². The van der Waals surface area contributed by atoms with Gasteiger partial charge in [0, 0.05) is 37.5 Å². The van der Waals surface area contributed by atoms with Gasteiger partial charge in [-0.05, 0) is 33.4 Å². The van der Waals surface area contributed by atoms with Crippen molar-refractivity contribution in [2.45, 2.75) is 71.6 Å². The SMILES string of the molecule is O=P(Cc1ccccc1)(Cc1ccccc1)[C@@]1(O)[C@](O)(P(=O)(Cc2ccccc2)Cc2ccccc2)[C@@](O)(Cc2ccccc2)[C@@H](O)[C@@H](O)[C@]1(O)Cc1ccccc1. The number of aliphatic hydroxyl groups is 6. The van der Waals surface area contributed by atoms with Crippen LogP contribution in [0.25, 0.3) is 0 Å². The van der Waals surface area contributed by atoms with E-state index in [1.807, 2.05) is 0 Å². The van der Waals surface area contributed by atoms with Crippen molar-refractivity contribution in [1.82, 2.24) is 0 Å². The third kappa shape index (κ3) is 7.27. The van der Waals surface area contributed by atoms with E-state index in [0.717, 1.165) is 0 Å². The van der Waals surface area contributed by atoms with Gasteiger partial charge in [-0.25, -0.2) is 0 Å². The first-order valence-electron chi connectivity index (χ1n) is 19.4. The number of aliphatic hydroxyl groups excluding tert-OH is 2. The lowest BCUT2D eigenvalue weighted by atomic mass is 9.63. The van der Waals surface area contributed by atoms with E-state index in [1.54, 1.807) is 182 Å². The highest BCUT2D eigenvalue weighted by molar-refractivity contribution is 7.68. The van der Waals surface area contributed by atoms with E-state index in [-0.39, 0.29) is 0 Å². The average Bonchev–Trinajstić information content (AvgIpc) is 3.24. The van der Waals surface area contributed by atoms with E-state index in [9.17, 15) is 30.6 Å². The summed E-state index contributed by atoms with van der Waals surface area (Å²) >= 11 is 0. The lowest BCUT2D eigenvalue weighted by molar-refractivity contribution is -0.331. The van der Waals surface area contributed by atoms with Crippen LogP contribution in [0.1, 0.15) is 33.4 Å². The van der Waals surface area contributed by atoms with Crippen molar-refractivity contribution in [1.29, 1.82) is 0 Å². The molecule has 6 aromatic carbocycles. The average molecular weight is 817 g/mol. The van der Waals surface area contributed by atoms with Crippen LogP contribution < -0.4 is 0 Å². The van der Waals surface area contributed by atoms with Crippen molar-refractivity contribution >= 4 is 14.3 Å². The first-order chi connectivity index (χ1) is 27.8. The van der Waals surface area contributed by atoms with Crippen LogP contribution in [-0.4, -0.2) is 64.7 Å². The summed E-state index contributed by atoms with van der Waals surface area (Å²) in [5, 5.41) is 74.1. The summed E-state index contributed by atoms with van der Waals surface area (Å²) < 4.78 is 34.0. The minimum Gasteiger partial charge on any atom is -0.387 e. The van der Waals surface area contributed by atoms with E-state index in [2.05, 4.69) is 0 Å². The summed E-state index contributed by atoms with van der Waals surface area (Å²) in [6.07, 6.45) is -7.91. The minimum atomic E-state index is -4.83. The standard InChI is InChI=1S/C48H50O8P2/c49-43-44(50)46(52,32-38-21-9-2-10-22-38)48(54,58(56,35-41-27-15-5-16-28-41)36-42-29-17-6-18-30-42)47(53,45(43,51)31-37-19-7-1-8-20-37)57(55,33-39-23-11-3-12-24-39)34-40-25-13-4-14-26-40/h1-30,43-44,49-54H,31-36H2/t43-,44+,45-,46-,47-,48-/m1/s1. The monoisotopic (exact) mass is 816 g/mol. The molecular formula is C48H50O8P2. The van der Waals surface area contributed by atoms with Crippen LogP contribution in [0.2, 0.25) is 0 Å². The van der Waals surface area contributed by atoms with Gasteiger partial charge in [-0.15, -0.1) is 0 Å². The molecule has 0 aromatic heterocycles. The Hall–Kier alpha value is -4.46. The van der Waals surface area contributed by atoms with Crippen LogP contribution in [0.5, 0.6) is 0 Å². The summed E-state index contributed by atoms with van der Waals surface area (Å²) in [6, 6.07) is 51.3. The molecule has 58 heavy (non-hydrogen) atoms. The highest BCUT2D eigenvalue weighted by Crippen LogP contribution is 2.82. The zero-order chi connectivity index (χ0) is 41.1. The van der Waals surface area contributed by atoms with Gasteiger partial charge in [0.05, 0.1) is 0 Å². The molecule has 10 heteroatoms. The molecule has 1 fully saturated rings. The van der Waals surface area contributed by atoms with Gasteiger partial charge < -0.3 is 39.8 Å². The van der Waals surface area contributed by atoms with Gasteiger partial charge in [-0.3, -0.25) is 0 Å². The van der Waals surface area contributed by atoms with Crippen molar-refractivity contribution in [2.24, 2.45) is 0 Å². The summed E-state index contributed by atoms with van der Waals surface area (Å²) in [7, 11) is -9.67. The van der Waals surface area contributed by atoms with Crippen LogP contribution in [0.4, 0.5) is 0 Å². The molecule has 0 saturated heterocycles. The molecule has 7 rings (SSSR count). The number of hydrogen-bond donors (Lipinski definition) is 6. The third-order valence-electron chi connectivity index (χ3n) is 11.9. The van der Waals surface area contributed by atoms with Gasteiger partial charge in [0.15, 0.2) is 10.7 Å². The predicted molar refractivity (Wildman–Crippen MR) is 228 cm³/mol. The van der Waals surface area contributed by atoms with Crippen LogP contribution in [0.3, 0.4) is 0 Å². The van der Waals surface area contributed by atoms with Crippen molar-refractivity contribution < 1.29 is 39.8 Å². The molecule has 1 aliphatic rings. The fourth-order valence-electron chi connectivity index (χ4n) is 9.16. The lowest BCUT2D eigenvalue weighted by Gasteiger charge is -2.68. The first-order valence-corrected chi connectivity index (χ1v) is 23.6. The summed E-state index contributed by atoms with van der Waals surface area (Å²) in [5.74, 6) is 0. The smallest absolute Gasteiger partial charge is 0.188 e. The fourth-order valence-corrected chi connectivity index (χ4v) is 18.0. The molecule has 6 aromatic rings. The van der Waals surface area contributed by atoms with Crippen molar-refractivity contribution in [3.63, 3.8) is 0 Å². The van der Waals surface area contributed by atoms with Gasteiger partial charge in [0.1, 0.15) is 37.7 Å². The molecule has 300 valence electrons. The largest absolute Gasteiger partial charge is 0.387 e. The molecule has 0 radical (unpaired) electrons. The fraction of sp³-hybridized carbons (Fsp3) is 0.250. The molecule has 1 saturated carbocycles. The molecule has 1 aliphatic carbocycles. The van der Waals surface area contributed by atoms with E-state index < -0.39 is 85.9 Å². The van der Waals surface area contributed by atoms with Gasteiger partial charge in [-0.2, -0.15) is 0 Å². The van der Waals surface area contributed by atoms with Crippen LogP contribution in [-0.2, 0) is 46.6 Å². The molecule has 0 bridgehead atoms. The summed E-state index contributed by atoms with van der Waals surface area (Å²) in [4.78, 5) is 0. The maximum Gasteiger partial charge on any atom is 0.188 e. The normalized spacial score (nSPS) is 26.2. The number of hydrogen-bond acceptors (Lipinski definition) is 8. The molecule has 0 unspecified atom stereocenters. The Morgan fingerprint density at radius 1 is 0.345 bits per heavy atom. The molecule has 6 N–H and O–H groups in total. The number of rotatable bonds is 14. The van der Waals surface area contributed by atoms with E-state index in [1.165, 1.54) is 0 Å². The summed E-state index contributed by atoms with van der Waals surface area (Å²) in [5.41, 5.74) is -3.60. The van der Waals surface area contributed by atoms with Crippen LogP contribution in [0.15, 0.2) is 182 Å². The Kier molecular flexibility index (Phi) is 12.0. The molecular weight excluding hydrogens is 766 g/mol. The Labute approximate surface area is 339 Å². The minimum absolute atomic E-state index is 0.359. The maximum absolute atomic E-state index is 17.0. The zero-order valence-corrected chi connectivity index (χ0v) is 33.9. The van der Waals surface area contributed by atoms with Crippen LogP contribution >= 0.6 is 14.3 Å². The summed E-state index contributed by atoms with van der Waals surface area (Å²) in [6.45, 7) is 0. The quantitative estimate of drug-likeness (QED) is 0.0616. The molecule has 8 nitrogen and oxygen atoms in total. The van der Waals surface area contributed by atoms with Gasteiger partial charge in [-0.1, -0.05) is 182 Å². The third-order valence-corrected chi connectivity index (χ3v) is 19.4. The predicted octanol–water partition coefficient (Wildman–Crippen LogP) is 7.57. The topological polar surface area (TPSA) is 156 Å². The molecule has 6 atom stereocenters. The van der Waals surface area contributed by atoms with E-state index >= 15 is 9.13 Å². The second-order valence-corrected chi connectivity index (χ2v) is 21.9. The molecule has 0 spiro atoms. The molecule has 0 amide bonds. The second kappa shape index (κ2) is 16.7.